The summed E-state index contributed by atoms with van der Waals surface area (Å²) in [6.07, 6.45) is -2.50. The maximum Gasteiger partial charge on any atom is 0.416 e. The van der Waals surface area contributed by atoms with Gasteiger partial charge in [-0.3, -0.25) is 14.4 Å². The smallest absolute Gasteiger partial charge is 0.416 e. The van der Waals surface area contributed by atoms with Gasteiger partial charge in [-0.1, -0.05) is 6.92 Å². The van der Waals surface area contributed by atoms with Gasteiger partial charge < -0.3 is 14.9 Å². The highest BCUT2D eigenvalue weighted by Gasteiger charge is 2.37. The Bertz CT molecular complexity index is 805. The Morgan fingerprint density at radius 2 is 1.96 bits per heavy atom. The minimum absolute atomic E-state index is 0.0442. The molecule has 0 radical (unpaired) electrons. The summed E-state index contributed by atoms with van der Waals surface area (Å²) < 4.78 is 40.1. The molecule has 2 amide bonds. The van der Waals surface area contributed by atoms with Crippen LogP contribution < -0.4 is 4.90 Å². The Hall–Kier alpha value is -2.58. The highest BCUT2D eigenvalue weighted by Crippen LogP contribution is 2.36. The maximum atomic E-state index is 13.4. The number of amides is 2. The number of nitrogens with zero attached hydrogens (tertiary/aromatic N) is 2. The molecule has 1 aromatic rings. The molecule has 1 aliphatic heterocycles. The van der Waals surface area contributed by atoms with Crippen LogP contribution >= 0.6 is 0 Å². The fourth-order valence-electron chi connectivity index (χ4n) is 3.30. The number of benzene rings is 1. The first-order chi connectivity index (χ1) is 13.1. The van der Waals surface area contributed by atoms with E-state index in [1.54, 1.807) is 0 Å². The van der Waals surface area contributed by atoms with Crippen molar-refractivity contribution in [3.63, 3.8) is 0 Å². The van der Waals surface area contributed by atoms with Crippen molar-refractivity contribution < 1.29 is 32.7 Å². The van der Waals surface area contributed by atoms with Crippen LogP contribution in [-0.2, 0) is 15.8 Å². The van der Waals surface area contributed by atoms with Crippen LogP contribution in [0, 0.1) is 5.92 Å². The van der Waals surface area contributed by atoms with Crippen molar-refractivity contribution in [1.82, 2.24) is 4.90 Å². The normalized spacial score (nSPS) is 18.3. The van der Waals surface area contributed by atoms with E-state index < -0.39 is 29.5 Å². The molecule has 1 atom stereocenters. The third kappa shape index (κ3) is 4.28. The summed E-state index contributed by atoms with van der Waals surface area (Å²) in [5, 5.41) is 9.12. The lowest BCUT2D eigenvalue weighted by Gasteiger charge is -2.26. The number of rotatable bonds is 6. The molecule has 6 nitrogen and oxygen atoms in total. The van der Waals surface area contributed by atoms with Gasteiger partial charge in [-0.15, -0.1) is 0 Å². The van der Waals surface area contributed by atoms with Crippen LogP contribution in [-0.4, -0.2) is 46.9 Å². The second-order valence-electron chi connectivity index (χ2n) is 7.34. The number of anilines is 1. The Morgan fingerprint density at radius 3 is 2.46 bits per heavy atom. The molecular weight excluding hydrogens is 377 g/mol. The van der Waals surface area contributed by atoms with Gasteiger partial charge in [-0.25, -0.2) is 0 Å². The molecule has 0 spiro atoms. The van der Waals surface area contributed by atoms with Crippen LogP contribution in [0.1, 0.15) is 48.5 Å². The highest BCUT2D eigenvalue weighted by molar-refractivity contribution is 5.99. The van der Waals surface area contributed by atoms with Gasteiger partial charge in [0, 0.05) is 36.8 Å². The first-order valence-corrected chi connectivity index (χ1v) is 9.14. The van der Waals surface area contributed by atoms with Crippen molar-refractivity contribution in [3.05, 3.63) is 29.3 Å². The molecule has 1 saturated carbocycles. The van der Waals surface area contributed by atoms with Gasteiger partial charge in [-0.05, 0) is 37.5 Å². The highest BCUT2D eigenvalue weighted by atomic mass is 19.4. The average Bonchev–Trinajstić information content (AvgIpc) is 3.38. The van der Waals surface area contributed by atoms with Crippen molar-refractivity contribution in [2.45, 2.75) is 44.8 Å². The van der Waals surface area contributed by atoms with Crippen LogP contribution in [0.4, 0.5) is 18.9 Å². The first-order valence-electron chi connectivity index (χ1n) is 9.14. The molecule has 0 aromatic heterocycles. The predicted molar refractivity (Wildman–Crippen MR) is 93.9 cm³/mol. The molecule has 2 aliphatic rings. The molecule has 0 bridgehead atoms. The number of carbonyl (C=O) groups is 3. The fourth-order valence-corrected chi connectivity index (χ4v) is 3.30. The molecule has 1 aliphatic carbocycles. The van der Waals surface area contributed by atoms with Crippen LogP contribution in [0.15, 0.2) is 18.2 Å². The second kappa shape index (κ2) is 7.44. The van der Waals surface area contributed by atoms with Crippen molar-refractivity contribution >= 4 is 23.5 Å². The molecule has 1 aromatic carbocycles. The van der Waals surface area contributed by atoms with Crippen LogP contribution in [0.3, 0.4) is 0 Å². The molecule has 1 N–H and O–H groups in total. The number of carboxylic acid groups (broad SMARTS) is 1. The largest absolute Gasteiger partial charge is 0.481 e. The molecule has 3 rings (SSSR count). The molecule has 1 unspecified atom stereocenters. The van der Waals surface area contributed by atoms with Gasteiger partial charge >= 0.3 is 12.1 Å². The van der Waals surface area contributed by atoms with Crippen molar-refractivity contribution in [1.29, 1.82) is 0 Å². The maximum absolute atomic E-state index is 13.4. The second-order valence-corrected chi connectivity index (χ2v) is 7.34. The Morgan fingerprint density at radius 1 is 1.29 bits per heavy atom. The fraction of sp³-hybridized carbons (Fsp3) is 0.526. The van der Waals surface area contributed by atoms with E-state index in [-0.39, 0.29) is 36.2 Å². The van der Waals surface area contributed by atoms with E-state index in [4.69, 9.17) is 5.11 Å². The molecule has 2 fully saturated rings. The van der Waals surface area contributed by atoms with Gasteiger partial charge in [-0.2, -0.15) is 13.2 Å². The summed E-state index contributed by atoms with van der Waals surface area (Å²) in [4.78, 5) is 38.7. The lowest BCUT2D eigenvalue weighted by Crippen LogP contribution is -2.38. The van der Waals surface area contributed by atoms with Gasteiger partial charge in [0.1, 0.15) is 0 Å². The van der Waals surface area contributed by atoms with Crippen LogP contribution in [0.5, 0.6) is 0 Å². The number of hydrogen-bond donors (Lipinski definition) is 1. The lowest BCUT2D eigenvalue weighted by molar-refractivity contribution is -0.141. The van der Waals surface area contributed by atoms with E-state index in [0.29, 0.717) is 25.8 Å². The van der Waals surface area contributed by atoms with Crippen LogP contribution in [0.2, 0.25) is 0 Å². The monoisotopic (exact) mass is 398 g/mol. The van der Waals surface area contributed by atoms with Crippen molar-refractivity contribution in [2.24, 2.45) is 5.92 Å². The Balaban J connectivity index is 1.97. The zero-order valence-electron chi connectivity index (χ0n) is 15.3. The minimum Gasteiger partial charge on any atom is -0.481 e. The number of aliphatic carboxylic acids is 1. The summed E-state index contributed by atoms with van der Waals surface area (Å²) >= 11 is 0. The molecule has 1 heterocycles. The topological polar surface area (TPSA) is 77.9 Å². The van der Waals surface area contributed by atoms with Gasteiger partial charge in [0.15, 0.2) is 0 Å². The molecule has 1 saturated heterocycles. The van der Waals surface area contributed by atoms with E-state index in [2.05, 4.69) is 0 Å². The van der Waals surface area contributed by atoms with E-state index in [1.165, 1.54) is 22.8 Å². The van der Waals surface area contributed by atoms with E-state index in [0.717, 1.165) is 12.1 Å². The minimum atomic E-state index is -4.67. The van der Waals surface area contributed by atoms with E-state index in [9.17, 15) is 27.6 Å². The summed E-state index contributed by atoms with van der Waals surface area (Å²) in [7, 11) is 0. The summed E-state index contributed by atoms with van der Waals surface area (Å²) in [5.74, 6) is -2.84. The van der Waals surface area contributed by atoms with Crippen molar-refractivity contribution in [2.75, 3.05) is 18.0 Å². The lowest BCUT2D eigenvalue weighted by atomic mass is 10.1. The summed E-state index contributed by atoms with van der Waals surface area (Å²) in [6.45, 7) is 1.68. The van der Waals surface area contributed by atoms with E-state index >= 15 is 0 Å². The van der Waals surface area contributed by atoms with Gasteiger partial charge in [0.2, 0.25) is 5.91 Å². The molecule has 28 heavy (non-hydrogen) atoms. The summed E-state index contributed by atoms with van der Waals surface area (Å²) in [6, 6.07) is 2.77. The van der Waals surface area contributed by atoms with Crippen LogP contribution in [0.25, 0.3) is 0 Å². The van der Waals surface area contributed by atoms with Crippen molar-refractivity contribution in [3.8, 4) is 0 Å². The SMILES string of the molecule is CC(CN(C(=O)c1cc(N2CCCC2=O)cc(C(F)(F)F)c1)C1CC1)C(=O)O. The number of carboxylic acids is 1. The average molecular weight is 398 g/mol. The standard InChI is InChI=1S/C19H21F3N2O4/c1-11(18(27)28)10-24(14-4-5-14)17(26)12-7-13(19(20,21)22)9-15(8-12)23-6-2-3-16(23)25/h7-9,11,14H,2-6,10H2,1H3,(H,27,28). The quantitative estimate of drug-likeness (QED) is 0.799. The van der Waals surface area contributed by atoms with Gasteiger partial charge in [0.05, 0.1) is 11.5 Å². The van der Waals surface area contributed by atoms with Gasteiger partial charge in [0.25, 0.3) is 5.91 Å². The predicted octanol–water partition coefficient (Wildman–Crippen LogP) is 3.16. The molecule has 9 heteroatoms. The molecule has 152 valence electrons. The third-order valence-corrected chi connectivity index (χ3v) is 5.02. The number of alkyl halides is 3. The molecular formula is C19H21F3N2O4. The Labute approximate surface area is 159 Å². The number of halogens is 3. The third-order valence-electron chi connectivity index (χ3n) is 5.02. The Kier molecular flexibility index (Phi) is 5.36. The zero-order valence-corrected chi connectivity index (χ0v) is 15.3. The zero-order chi connectivity index (χ0) is 20.6. The first kappa shape index (κ1) is 20.2. The number of carbonyl (C=O) groups excluding carboxylic acids is 2. The van der Waals surface area contributed by atoms with E-state index in [1.807, 2.05) is 0 Å². The number of hydrogen-bond acceptors (Lipinski definition) is 3. The summed E-state index contributed by atoms with van der Waals surface area (Å²) in [5.41, 5.74) is -1.15.